The molecule has 0 aliphatic carbocycles. The Labute approximate surface area is 75.2 Å². The van der Waals surface area contributed by atoms with Crippen molar-refractivity contribution in [2.45, 2.75) is 24.6 Å². The second kappa shape index (κ2) is 3.85. The Hall–Kier alpha value is -0.270. The number of aliphatic hydroxyl groups excluding tert-OH is 1. The summed E-state index contributed by atoms with van der Waals surface area (Å²) in [5.74, 6) is -3.39. The van der Waals surface area contributed by atoms with E-state index in [2.05, 4.69) is 0 Å². The molecule has 1 aliphatic heterocycles. The molecule has 0 aromatic rings. The highest BCUT2D eigenvalue weighted by molar-refractivity contribution is 7.89. The zero-order valence-electron chi connectivity index (χ0n) is 6.86. The summed E-state index contributed by atoms with van der Waals surface area (Å²) in [6.07, 6.45) is 0.972. The number of hydrogen-bond acceptors (Lipinski definition) is 3. The van der Waals surface area contributed by atoms with Crippen molar-refractivity contribution in [3.05, 3.63) is 0 Å². The van der Waals surface area contributed by atoms with E-state index in [-0.39, 0.29) is 6.54 Å². The molecule has 4 nitrogen and oxygen atoms in total. The van der Waals surface area contributed by atoms with Crippen LogP contribution in [0, 0.1) is 0 Å². The molecule has 78 valence electrons. The number of hydrogen-bond donors (Lipinski definition) is 1. The smallest absolute Gasteiger partial charge is 0.350 e. The summed E-state index contributed by atoms with van der Waals surface area (Å²) < 4.78 is 46.8. The molecule has 1 rings (SSSR count). The number of halogens is 2. The predicted molar refractivity (Wildman–Crippen MR) is 41.7 cm³/mol. The largest absolute Gasteiger partial charge is 0.395 e. The lowest BCUT2D eigenvalue weighted by molar-refractivity contribution is 0.188. The van der Waals surface area contributed by atoms with E-state index in [1.807, 2.05) is 0 Å². The van der Waals surface area contributed by atoms with Gasteiger partial charge in [0, 0.05) is 12.6 Å². The van der Waals surface area contributed by atoms with E-state index in [1.54, 1.807) is 0 Å². The van der Waals surface area contributed by atoms with Gasteiger partial charge in [-0.1, -0.05) is 0 Å². The summed E-state index contributed by atoms with van der Waals surface area (Å²) in [5.41, 5.74) is 0. The fraction of sp³-hybridized carbons (Fsp3) is 1.00. The summed E-state index contributed by atoms with van der Waals surface area (Å²) in [6, 6.07) is -0.668. The van der Waals surface area contributed by atoms with Crippen LogP contribution in [0.4, 0.5) is 8.78 Å². The summed E-state index contributed by atoms with van der Waals surface area (Å²) in [5, 5.41) is 8.73. The number of aliphatic hydroxyl groups is 1. The summed E-state index contributed by atoms with van der Waals surface area (Å²) >= 11 is 0. The quantitative estimate of drug-likeness (QED) is 0.720. The molecular formula is C6H11F2NO3S. The first-order valence-corrected chi connectivity index (χ1v) is 5.40. The normalized spacial score (nSPS) is 25.7. The molecule has 1 aliphatic rings. The Morgan fingerprint density at radius 3 is 2.62 bits per heavy atom. The SMILES string of the molecule is O=S(=O)(C(F)F)N1CCC[C@H]1CO. The number of alkyl halides is 2. The van der Waals surface area contributed by atoms with Gasteiger partial charge in [0.1, 0.15) is 0 Å². The lowest BCUT2D eigenvalue weighted by Gasteiger charge is -2.21. The lowest BCUT2D eigenvalue weighted by atomic mass is 10.2. The molecule has 0 amide bonds. The molecule has 0 bridgehead atoms. The van der Waals surface area contributed by atoms with Gasteiger partial charge in [-0.15, -0.1) is 0 Å². The van der Waals surface area contributed by atoms with Crippen LogP contribution in [-0.4, -0.2) is 42.8 Å². The summed E-state index contributed by atoms with van der Waals surface area (Å²) in [7, 11) is -4.50. The minimum Gasteiger partial charge on any atom is -0.395 e. The van der Waals surface area contributed by atoms with Gasteiger partial charge in [0.05, 0.1) is 6.61 Å². The van der Waals surface area contributed by atoms with Crippen molar-refractivity contribution in [3.8, 4) is 0 Å². The van der Waals surface area contributed by atoms with Crippen molar-refractivity contribution in [2.75, 3.05) is 13.2 Å². The molecule has 0 unspecified atom stereocenters. The third kappa shape index (κ3) is 1.97. The number of rotatable bonds is 3. The van der Waals surface area contributed by atoms with Crippen LogP contribution >= 0.6 is 0 Å². The third-order valence-electron chi connectivity index (χ3n) is 2.09. The van der Waals surface area contributed by atoms with E-state index >= 15 is 0 Å². The van der Waals surface area contributed by atoms with Crippen LogP contribution in [0.2, 0.25) is 0 Å². The monoisotopic (exact) mass is 215 g/mol. The molecule has 13 heavy (non-hydrogen) atoms. The van der Waals surface area contributed by atoms with Gasteiger partial charge in [-0.2, -0.15) is 13.1 Å². The molecule has 1 heterocycles. The van der Waals surface area contributed by atoms with Crippen LogP contribution in [0.15, 0.2) is 0 Å². The second-order valence-corrected chi connectivity index (χ2v) is 4.75. The summed E-state index contributed by atoms with van der Waals surface area (Å²) in [6.45, 7) is -0.316. The van der Waals surface area contributed by atoms with Gasteiger partial charge in [0.2, 0.25) is 0 Å². The Balaban J connectivity index is 2.82. The molecule has 0 spiro atoms. The second-order valence-electron chi connectivity index (χ2n) is 2.89. The maximum absolute atomic E-state index is 12.1. The first-order valence-electron chi connectivity index (χ1n) is 3.90. The third-order valence-corrected chi connectivity index (χ3v) is 3.67. The van der Waals surface area contributed by atoms with Crippen LogP contribution in [-0.2, 0) is 10.0 Å². The van der Waals surface area contributed by atoms with E-state index < -0.39 is 28.4 Å². The molecule has 0 saturated carbocycles. The first kappa shape index (κ1) is 10.8. The van der Waals surface area contributed by atoms with E-state index in [0.717, 1.165) is 0 Å². The van der Waals surface area contributed by atoms with Gasteiger partial charge in [-0.05, 0) is 12.8 Å². The molecule has 0 aromatic heterocycles. The van der Waals surface area contributed by atoms with Crippen molar-refractivity contribution in [3.63, 3.8) is 0 Å². The Morgan fingerprint density at radius 2 is 2.15 bits per heavy atom. The van der Waals surface area contributed by atoms with Gasteiger partial charge < -0.3 is 5.11 Å². The van der Waals surface area contributed by atoms with Crippen molar-refractivity contribution in [1.82, 2.24) is 4.31 Å². The first-order chi connectivity index (χ1) is 6.00. The van der Waals surface area contributed by atoms with Crippen LogP contribution in [0.1, 0.15) is 12.8 Å². The van der Waals surface area contributed by atoms with Crippen molar-refractivity contribution >= 4 is 10.0 Å². The van der Waals surface area contributed by atoms with Gasteiger partial charge >= 0.3 is 5.76 Å². The average Bonchev–Trinajstić information content (AvgIpc) is 2.51. The van der Waals surface area contributed by atoms with Crippen molar-refractivity contribution < 1.29 is 22.3 Å². The molecular weight excluding hydrogens is 204 g/mol. The molecule has 0 aromatic carbocycles. The van der Waals surface area contributed by atoms with Gasteiger partial charge in [-0.3, -0.25) is 0 Å². The minimum atomic E-state index is -4.50. The zero-order valence-corrected chi connectivity index (χ0v) is 7.67. The number of nitrogens with zero attached hydrogens (tertiary/aromatic N) is 1. The molecule has 1 saturated heterocycles. The van der Waals surface area contributed by atoms with Crippen LogP contribution in [0.3, 0.4) is 0 Å². The minimum absolute atomic E-state index is 0.0813. The van der Waals surface area contributed by atoms with E-state index in [4.69, 9.17) is 5.11 Å². The highest BCUT2D eigenvalue weighted by Gasteiger charge is 2.39. The van der Waals surface area contributed by atoms with Crippen LogP contribution in [0.25, 0.3) is 0 Å². The van der Waals surface area contributed by atoms with Crippen molar-refractivity contribution in [1.29, 1.82) is 0 Å². The molecule has 1 fully saturated rings. The van der Waals surface area contributed by atoms with Crippen LogP contribution in [0.5, 0.6) is 0 Å². The summed E-state index contributed by atoms with van der Waals surface area (Å²) in [4.78, 5) is 0. The van der Waals surface area contributed by atoms with E-state index in [9.17, 15) is 17.2 Å². The van der Waals surface area contributed by atoms with Crippen molar-refractivity contribution in [2.24, 2.45) is 0 Å². The lowest BCUT2D eigenvalue weighted by Crippen LogP contribution is -2.40. The van der Waals surface area contributed by atoms with Gasteiger partial charge in [0.15, 0.2) is 0 Å². The molecule has 7 heteroatoms. The Morgan fingerprint density at radius 1 is 1.54 bits per heavy atom. The van der Waals surface area contributed by atoms with Gasteiger partial charge in [-0.25, -0.2) is 8.42 Å². The predicted octanol–water partition coefficient (Wildman–Crippen LogP) is -0.00450. The maximum atomic E-state index is 12.1. The highest BCUT2D eigenvalue weighted by Crippen LogP contribution is 2.23. The van der Waals surface area contributed by atoms with E-state index in [1.165, 1.54) is 0 Å². The zero-order chi connectivity index (χ0) is 10.1. The number of sulfonamides is 1. The topological polar surface area (TPSA) is 57.6 Å². The van der Waals surface area contributed by atoms with Gasteiger partial charge in [0.25, 0.3) is 10.0 Å². The fourth-order valence-corrected chi connectivity index (χ4v) is 2.60. The highest BCUT2D eigenvalue weighted by atomic mass is 32.2. The standard InChI is InChI=1S/C6H11F2NO3S/c7-6(8)13(11,12)9-3-1-2-5(9)4-10/h5-6,10H,1-4H2/t5-/m0/s1. The molecule has 1 atom stereocenters. The van der Waals surface area contributed by atoms with Crippen LogP contribution < -0.4 is 0 Å². The molecule has 1 N–H and O–H groups in total. The molecule has 0 radical (unpaired) electrons. The average molecular weight is 215 g/mol. The fourth-order valence-electron chi connectivity index (χ4n) is 1.43. The Bertz CT molecular complexity index is 267. The van der Waals surface area contributed by atoms with E-state index in [0.29, 0.717) is 17.1 Å². The Kier molecular flexibility index (Phi) is 3.20. The maximum Gasteiger partial charge on any atom is 0.350 e.